The van der Waals surface area contributed by atoms with Crippen LogP contribution in [0.5, 0.6) is 0 Å². The summed E-state index contributed by atoms with van der Waals surface area (Å²) in [6.45, 7) is 0. The molecule has 4 heteroatoms. The molecule has 0 radical (unpaired) electrons. The smallest absolute Gasteiger partial charge is 0.100 e. The average Bonchev–Trinajstić information content (AvgIpc) is 2.83. The van der Waals surface area contributed by atoms with Crippen molar-refractivity contribution < 1.29 is 0 Å². The van der Waals surface area contributed by atoms with Gasteiger partial charge in [-0.05, 0) is 23.6 Å². The minimum atomic E-state index is 0.628. The maximum atomic E-state index is 9.47. The molecule has 0 atom stereocenters. The van der Waals surface area contributed by atoms with E-state index in [1.165, 1.54) is 0 Å². The minimum Gasteiger partial charge on any atom is -0.268 e. The van der Waals surface area contributed by atoms with Crippen molar-refractivity contribution >= 4 is 22.4 Å². The number of aromatic nitrogens is 2. The molecule has 3 nitrogen and oxygen atoms in total. The van der Waals surface area contributed by atoms with Gasteiger partial charge in [0.05, 0.1) is 11.3 Å². The normalized spacial score (nSPS) is 10.6. The molecule has 0 spiro atoms. The first-order valence-corrected chi connectivity index (χ1v) is 6.19. The molecule has 0 saturated heterocycles. The zero-order valence-electron chi connectivity index (χ0n) is 10.3. The Bertz CT molecular complexity index is 812. The summed E-state index contributed by atoms with van der Waals surface area (Å²) in [6, 6.07) is 13.7. The van der Waals surface area contributed by atoms with Crippen molar-refractivity contribution in [2.24, 2.45) is 7.05 Å². The first-order valence-electron chi connectivity index (χ1n) is 5.81. The lowest BCUT2D eigenvalue weighted by Gasteiger charge is -2.08. The standard InChI is InChI=1S/C15H10ClN3/c1-19-15(6-7-18-19)12-5-3-10-2-4-11(16)8-13(10)14(12)9-17/h2-8H,1H3. The summed E-state index contributed by atoms with van der Waals surface area (Å²) in [6.07, 6.45) is 1.72. The van der Waals surface area contributed by atoms with Crippen LogP contribution in [0.3, 0.4) is 0 Å². The molecular formula is C15H10ClN3. The molecular weight excluding hydrogens is 258 g/mol. The number of nitrogens with zero attached hydrogens (tertiary/aromatic N) is 3. The molecule has 0 bridgehead atoms. The fourth-order valence-corrected chi connectivity index (χ4v) is 2.44. The number of nitriles is 1. The Morgan fingerprint density at radius 1 is 1.21 bits per heavy atom. The Hall–Kier alpha value is -2.31. The van der Waals surface area contributed by atoms with E-state index in [-0.39, 0.29) is 0 Å². The fraction of sp³-hybridized carbons (Fsp3) is 0.0667. The summed E-state index contributed by atoms with van der Waals surface area (Å²) in [5, 5.41) is 16.1. The van der Waals surface area contributed by atoms with E-state index >= 15 is 0 Å². The van der Waals surface area contributed by atoms with Crippen LogP contribution in [-0.4, -0.2) is 9.78 Å². The van der Waals surface area contributed by atoms with Crippen molar-refractivity contribution in [1.82, 2.24) is 9.78 Å². The minimum absolute atomic E-state index is 0.628. The first-order chi connectivity index (χ1) is 9.20. The Balaban J connectivity index is 2.39. The lowest BCUT2D eigenvalue weighted by molar-refractivity contribution is 0.776. The molecule has 0 aliphatic rings. The van der Waals surface area contributed by atoms with Gasteiger partial charge in [-0.1, -0.05) is 29.8 Å². The number of aryl methyl sites for hydroxylation is 1. The van der Waals surface area contributed by atoms with Gasteiger partial charge in [0.15, 0.2) is 0 Å². The monoisotopic (exact) mass is 267 g/mol. The van der Waals surface area contributed by atoms with Crippen LogP contribution in [0.25, 0.3) is 22.0 Å². The topological polar surface area (TPSA) is 41.6 Å². The summed E-state index contributed by atoms with van der Waals surface area (Å²) >= 11 is 6.03. The van der Waals surface area contributed by atoms with Crippen LogP contribution < -0.4 is 0 Å². The van der Waals surface area contributed by atoms with Crippen molar-refractivity contribution in [1.29, 1.82) is 5.26 Å². The summed E-state index contributed by atoms with van der Waals surface area (Å²) in [4.78, 5) is 0. The van der Waals surface area contributed by atoms with E-state index in [0.29, 0.717) is 10.6 Å². The van der Waals surface area contributed by atoms with Crippen molar-refractivity contribution in [3.8, 4) is 17.3 Å². The predicted molar refractivity (Wildman–Crippen MR) is 75.9 cm³/mol. The number of hydrogen-bond acceptors (Lipinski definition) is 2. The predicted octanol–water partition coefficient (Wildman–Crippen LogP) is 3.77. The van der Waals surface area contributed by atoms with Crippen LogP contribution in [-0.2, 0) is 7.05 Å². The Morgan fingerprint density at radius 2 is 2.00 bits per heavy atom. The largest absolute Gasteiger partial charge is 0.268 e. The van der Waals surface area contributed by atoms with E-state index < -0.39 is 0 Å². The third-order valence-electron chi connectivity index (χ3n) is 3.19. The van der Waals surface area contributed by atoms with Crippen LogP contribution in [0.4, 0.5) is 0 Å². The molecule has 3 rings (SSSR count). The van der Waals surface area contributed by atoms with Crippen LogP contribution in [0.15, 0.2) is 42.6 Å². The van der Waals surface area contributed by atoms with Gasteiger partial charge in [-0.25, -0.2) is 0 Å². The molecule has 0 fully saturated rings. The van der Waals surface area contributed by atoms with Crippen molar-refractivity contribution in [3.05, 3.63) is 53.2 Å². The molecule has 0 unspecified atom stereocenters. The lowest BCUT2D eigenvalue weighted by Crippen LogP contribution is -1.96. The zero-order valence-corrected chi connectivity index (χ0v) is 11.0. The number of hydrogen-bond donors (Lipinski definition) is 0. The average molecular weight is 268 g/mol. The highest BCUT2D eigenvalue weighted by Crippen LogP contribution is 2.30. The molecule has 92 valence electrons. The highest BCUT2D eigenvalue weighted by atomic mass is 35.5. The number of fused-ring (bicyclic) bond motifs is 1. The molecule has 19 heavy (non-hydrogen) atoms. The highest BCUT2D eigenvalue weighted by Gasteiger charge is 2.12. The summed E-state index contributed by atoms with van der Waals surface area (Å²) in [7, 11) is 1.86. The van der Waals surface area contributed by atoms with Gasteiger partial charge in [-0.2, -0.15) is 10.4 Å². The molecule has 1 aromatic heterocycles. The van der Waals surface area contributed by atoms with Gasteiger partial charge in [-0.3, -0.25) is 4.68 Å². The fourth-order valence-electron chi connectivity index (χ4n) is 2.26. The third kappa shape index (κ3) is 1.87. The van der Waals surface area contributed by atoms with Crippen molar-refractivity contribution in [3.63, 3.8) is 0 Å². The Labute approximate surface area is 115 Å². The van der Waals surface area contributed by atoms with Crippen molar-refractivity contribution in [2.75, 3.05) is 0 Å². The second kappa shape index (κ2) is 4.42. The van der Waals surface area contributed by atoms with E-state index in [1.54, 1.807) is 10.9 Å². The van der Waals surface area contributed by atoms with Crippen LogP contribution in [0, 0.1) is 11.3 Å². The van der Waals surface area contributed by atoms with E-state index in [4.69, 9.17) is 11.6 Å². The lowest BCUT2D eigenvalue weighted by atomic mass is 9.98. The van der Waals surface area contributed by atoms with Gasteiger partial charge in [0.25, 0.3) is 0 Å². The highest BCUT2D eigenvalue weighted by molar-refractivity contribution is 6.31. The molecule has 0 aliphatic carbocycles. The van der Waals surface area contributed by atoms with Crippen LogP contribution in [0.2, 0.25) is 5.02 Å². The number of rotatable bonds is 1. The second-order valence-electron chi connectivity index (χ2n) is 4.31. The van der Waals surface area contributed by atoms with E-state index in [2.05, 4.69) is 11.2 Å². The molecule has 0 aliphatic heterocycles. The molecule has 0 amide bonds. The van der Waals surface area contributed by atoms with Crippen LogP contribution >= 0.6 is 11.6 Å². The Morgan fingerprint density at radius 3 is 2.68 bits per heavy atom. The first kappa shape index (κ1) is 11.8. The van der Waals surface area contributed by atoms with Gasteiger partial charge in [0, 0.05) is 29.2 Å². The van der Waals surface area contributed by atoms with Gasteiger partial charge in [0.2, 0.25) is 0 Å². The SMILES string of the molecule is Cn1nccc1-c1ccc2ccc(Cl)cc2c1C#N. The molecule has 0 saturated carbocycles. The van der Waals surface area contributed by atoms with E-state index in [9.17, 15) is 5.26 Å². The van der Waals surface area contributed by atoms with Gasteiger partial charge in [0.1, 0.15) is 6.07 Å². The van der Waals surface area contributed by atoms with Crippen molar-refractivity contribution in [2.45, 2.75) is 0 Å². The zero-order chi connectivity index (χ0) is 13.4. The summed E-state index contributed by atoms with van der Waals surface area (Å²) < 4.78 is 1.76. The quantitative estimate of drug-likeness (QED) is 0.673. The van der Waals surface area contributed by atoms with Crippen LogP contribution in [0.1, 0.15) is 5.56 Å². The molecule has 0 N–H and O–H groups in total. The third-order valence-corrected chi connectivity index (χ3v) is 3.43. The van der Waals surface area contributed by atoms with Gasteiger partial charge < -0.3 is 0 Å². The second-order valence-corrected chi connectivity index (χ2v) is 4.74. The van der Waals surface area contributed by atoms with Gasteiger partial charge >= 0.3 is 0 Å². The summed E-state index contributed by atoms with van der Waals surface area (Å²) in [5.41, 5.74) is 2.42. The number of halogens is 1. The Kier molecular flexibility index (Phi) is 2.73. The maximum absolute atomic E-state index is 9.47. The maximum Gasteiger partial charge on any atom is 0.100 e. The molecule has 1 heterocycles. The summed E-state index contributed by atoms with van der Waals surface area (Å²) in [5.74, 6) is 0. The van der Waals surface area contributed by atoms with E-state index in [1.807, 2.05) is 43.4 Å². The molecule has 3 aromatic rings. The van der Waals surface area contributed by atoms with E-state index in [0.717, 1.165) is 22.0 Å². The number of benzene rings is 2. The van der Waals surface area contributed by atoms with Gasteiger partial charge in [-0.15, -0.1) is 0 Å². The molecule has 2 aromatic carbocycles.